The molecule has 0 unspecified atom stereocenters. The van der Waals surface area contributed by atoms with Crippen LogP contribution in [0.5, 0.6) is 0 Å². The Morgan fingerprint density at radius 2 is 1.95 bits per heavy atom. The number of hydrogen-bond acceptors (Lipinski definition) is 4. The van der Waals surface area contributed by atoms with Crippen LogP contribution >= 0.6 is 11.6 Å². The molecule has 0 atom stereocenters. The molecule has 0 spiro atoms. The third-order valence-corrected chi connectivity index (χ3v) is 2.84. The van der Waals surface area contributed by atoms with E-state index in [0.29, 0.717) is 16.8 Å². The van der Waals surface area contributed by atoms with Crippen LogP contribution in [0.15, 0.2) is 12.3 Å². The quantitative estimate of drug-likeness (QED) is 0.858. The van der Waals surface area contributed by atoms with Gasteiger partial charge in [-0.15, -0.1) is 0 Å². The molecule has 2 heterocycles. The first kappa shape index (κ1) is 13.8. The number of aryl methyl sites for hydroxylation is 2. The molecule has 102 valence electrons. The SMILES string of the molecule is Cc1nn(C)cc1Nc1cc(Cl)nc(C(C)(C)C)n1. The van der Waals surface area contributed by atoms with Crippen LogP contribution in [-0.4, -0.2) is 19.7 Å². The lowest BCUT2D eigenvalue weighted by Crippen LogP contribution is -2.16. The maximum atomic E-state index is 6.06. The molecule has 0 fully saturated rings. The van der Waals surface area contributed by atoms with Gasteiger partial charge >= 0.3 is 0 Å². The van der Waals surface area contributed by atoms with Crippen molar-refractivity contribution in [3.05, 3.63) is 28.9 Å². The molecular formula is C13H18ClN5. The van der Waals surface area contributed by atoms with E-state index < -0.39 is 0 Å². The zero-order valence-corrected chi connectivity index (χ0v) is 12.6. The minimum absolute atomic E-state index is 0.148. The Morgan fingerprint density at radius 1 is 1.26 bits per heavy atom. The highest BCUT2D eigenvalue weighted by Gasteiger charge is 2.19. The molecule has 0 saturated heterocycles. The van der Waals surface area contributed by atoms with Gasteiger partial charge in [-0.3, -0.25) is 4.68 Å². The maximum absolute atomic E-state index is 6.06. The van der Waals surface area contributed by atoms with E-state index in [2.05, 4.69) is 41.2 Å². The van der Waals surface area contributed by atoms with Gasteiger partial charge in [0, 0.05) is 24.7 Å². The highest BCUT2D eigenvalue weighted by molar-refractivity contribution is 6.29. The van der Waals surface area contributed by atoms with Crippen molar-refractivity contribution in [3.8, 4) is 0 Å². The van der Waals surface area contributed by atoms with Crippen LogP contribution in [0, 0.1) is 6.92 Å². The Hall–Kier alpha value is -1.62. The van der Waals surface area contributed by atoms with Crippen LogP contribution in [0.4, 0.5) is 11.5 Å². The summed E-state index contributed by atoms with van der Waals surface area (Å²) in [5.41, 5.74) is 1.68. The van der Waals surface area contributed by atoms with Crippen LogP contribution in [0.25, 0.3) is 0 Å². The van der Waals surface area contributed by atoms with Crippen molar-refractivity contribution in [1.82, 2.24) is 19.7 Å². The first-order valence-corrected chi connectivity index (χ1v) is 6.46. The lowest BCUT2D eigenvalue weighted by Gasteiger charge is -2.17. The van der Waals surface area contributed by atoms with E-state index in [9.17, 15) is 0 Å². The summed E-state index contributed by atoms with van der Waals surface area (Å²) in [6.45, 7) is 8.10. The zero-order valence-electron chi connectivity index (χ0n) is 11.8. The Bertz CT molecular complexity index is 598. The van der Waals surface area contributed by atoms with Crippen LogP contribution < -0.4 is 5.32 Å². The molecule has 2 aromatic rings. The molecule has 6 heteroatoms. The number of anilines is 2. The van der Waals surface area contributed by atoms with Gasteiger partial charge in [0.25, 0.3) is 0 Å². The molecule has 0 aliphatic rings. The van der Waals surface area contributed by atoms with Gasteiger partial charge in [0.1, 0.15) is 16.8 Å². The molecule has 2 aromatic heterocycles. The summed E-state index contributed by atoms with van der Waals surface area (Å²) in [6.07, 6.45) is 1.90. The fourth-order valence-corrected chi connectivity index (χ4v) is 1.86. The van der Waals surface area contributed by atoms with Gasteiger partial charge < -0.3 is 5.32 Å². The Labute approximate surface area is 118 Å². The Balaban J connectivity index is 2.35. The van der Waals surface area contributed by atoms with Crippen molar-refractivity contribution in [2.75, 3.05) is 5.32 Å². The van der Waals surface area contributed by atoms with Gasteiger partial charge in [0.05, 0.1) is 11.4 Å². The molecule has 0 radical (unpaired) electrons. The van der Waals surface area contributed by atoms with E-state index in [1.807, 2.05) is 20.2 Å². The van der Waals surface area contributed by atoms with E-state index in [1.54, 1.807) is 10.7 Å². The molecule has 0 saturated carbocycles. The standard InChI is InChI=1S/C13H18ClN5/c1-8-9(7-19(5)18-8)15-11-6-10(14)16-12(17-11)13(2,3)4/h6-7H,1-5H3,(H,15,16,17). The average Bonchev–Trinajstić information content (AvgIpc) is 2.55. The van der Waals surface area contributed by atoms with E-state index in [1.165, 1.54) is 0 Å². The molecule has 0 aliphatic heterocycles. The topological polar surface area (TPSA) is 55.6 Å². The summed E-state index contributed by atoms with van der Waals surface area (Å²) in [4.78, 5) is 8.77. The van der Waals surface area contributed by atoms with Crippen LogP contribution in [0.3, 0.4) is 0 Å². The Kier molecular flexibility index (Phi) is 3.49. The monoisotopic (exact) mass is 279 g/mol. The highest BCUT2D eigenvalue weighted by atomic mass is 35.5. The summed E-state index contributed by atoms with van der Waals surface area (Å²) in [6, 6.07) is 1.71. The van der Waals surface area contributed by atoms with Crippen LogP contribution in [0.1, 0.15) is 32.3 Å². The van der Waals surface area contributed by atoms with Crippen LogP contribution in [0.2, 0.25) is 5.15 Å². The molecule has 0 amide bonds. The summed E-state index contributed by atoms with van der Waals surface area (Å²) in [7, 11) is 1.88. The third-order valence-electron chi connectivity index (χ3n) is 2.64. The molecule has 2 rings (SSSR count). The largest absolute Gasteiger partial charge is 0.337 e. The van der Waals surface area contributed by atoms with E-state index >= 15 is 0 Å². The maximum Gasteiger partial charge on any atom is 0.137 e. The van der Waals surface area contributed by atoms with Gasteiger partial charge in [-0.1, -0.05) is 32.4 Å². The number of rotatable bonds is 2. The van der Waals surface area contributed by atoms with Crippen LogP contribution in [-0.2, 0) is 12.5 Å². The third kappa shape index (κ3) is 3.23. The molecule has 0 aliphatic carbocycles. The highest BCUT2D eigenvalue weighted by Crippen LogP contribution is 2.24. The fourth-order valence-electron chi connectivity index (χ4n) is 1.68. The lowest BCUT2D eigenvalue weighted by atomic mass is 9.96. The second-order valence-electron chi connectivity index (χ2n) is 5.58. The second-order valence-corrected chi connectivity index (χ2v) is 5.96. The molecule has 0 aromatic carbocycles. The van der Waals surface area contributed by atoms with Crippen molar-refractivity contribution in [2.24, 2.45) is 7.05 Å². The van der Waals surface area contributed by atoms with Crippen molar-refractivity contribution in [1.29, 1.82) is 0 Å². The summed E-state index contributed by atoms with van der Waals surface area (Å²) in [5.74, 6) is 1.39. The Morgan fingerprint density at radius 3 is 2.47 bits per heavy atom. The van der Waals surface area contributed by atoms with E-state index in [0.717, 1.165) is 11.4 Å². The number of nitrogens with one attached hydrogen (secondary N) is 1. The van der Waals surface area contributed by atoms with E-state index in [-0.39, 0.29) is 5.41 Å². The smallest absolute Gasteiger partial charge is 0.137 e. The summed E-state index contributed by atoms with van der Waals surface area (Å²) >= 11 is 6.06. The molecular weight excluding hydrogens is 262 g/mol. The predicted molar refractivity (Wildman–Crippen MR) is 77.0 cm³/mol. The number of nitrogens with zero attached hydrogens (tertiary/aromatic N) is 4. The molecule has 0 bridgehead atoms. The average molecular weight is 280 g/mol. The van der Waals surface area contributed by atoms with Crippen molar-refractivity contribution >= 4 is 23.1 Å². The lowest BCUT2D eigenvalue weighted by molar-refractivity contribution is 0.546. The van der Waals surface area contributed by atoms with Crippen molar-refractivity contribution in [2.45, 2.75) is 33.1 Å². The van der Waals surface area contributed by atoms with Gasteiger partial charge in [0.2, 0.25) is 0 Å². The van der Waals surface area contributed by atoms with Gasteiger partial charge in [0.15, 0.2) is 0 Å². The van der Waals surface area contributed by atoms with Gasteiger partial charge in [-0.05, 0) is 6.92 Å². The molecule has 1 N–H and O–H groups in total. The number of hydrogen-bond donors (Lipinski definition) is 1. The summed E-state index contributed by atoms with van der Waals surface area (Å²) in [5, 5.41) is 7.94. The van der Waals surface area contributed by atoms with Gasteiger partial charge in [-0.25, -0.2) is 9.97 Å². The minimum Gasteiger partial charge on any atom is -0.337 e. The predicted octanol–water partition coefficient (Wildman–Crippen LogP) is 3.21. The molecule has 5 nitrogen and oxygen atoms in total. The van der Waals surface area contributed by atoms with Crippen molar-refractivity contribution in [3.63, 3.8) is 0 Å². The summed E-state index contributed by atoms with van der Waals surface area (Å²) < 4.78 is 1.76. The number of halogens is 1. The first-order valence-electron chi connectivity index (χ1n) is 6.08. The molecule has 19 heavy (non-hydrogen) atoms. The second kappa shape index (κ2) is 4.81. The van der Waals surface area contributed by atoms with Gasteiger partial charge in [-0.2, -0.15) is 5.10 Å². The zero-order chi connectivity index (χ0) is 14.2. The fraction of sp³-hybridized carbons (Fsp3) is 0.462. The van der Waals surface area contributed by atoms with Crippen molar-refractivity contribution < 1.29 is 0 Å². The first-order chi connectivity index (χ1) is 8.75. The minimum atomic E-state index is -0.148. The number of aromatic nitrogens is 4. The normalized spacial score (nSPS) is 11.7. The van der Waals surface area contributed by atoms with E-state index in [4.69, 9.17) is 11.6 Å².